The van der Waals surface area contributed by atoms with E-state index in [-0.39, 0.29) is 12.5 Å². The molecule has 0 aromatic rings. The van der Waals surface area contributed by atoms with Crippen molar-refractivity contribution in [2.75, 3.05) is 32.9 Å². The fourth-order valence-corrected chi connectivity index (χ4v) is 1.99. The Kier molecular flexibility index (Phi) is 6.42. The van der Waals surface area contributed by atoms with Crippen LogP contribution in [0.3, 0.4) is 0 Å². The molecule has 16 heavy (non-hydrogen) atoms. The fourth-order valence-electron chi connectivity index (χ4n) is 1.99. The van der Waals surface area contributed by atoms with Crippen LogP contribution in [0.25, 0.3) is 0 Å². The normalized spacial score (nSPS) is 17.8. The average Bonchev–Trinajstić information content (AvgIpc) is 2.34. The second-order valence-corrected chi connectivity index (χ2v) is 4.31. The van der Waals surface area contributed by atoms with Crippen LogP contribution in [0.2, 0.25) is 0 Å². The maximum Gasteiger partial charge on any atom is 0.222 e. The van der Waals surface area contributed by atoms with E-state index in [1.165, 1.54) is 0 Å². The first-order valence-electron chi connectivity index (χ1n) is 6.24. The molecule has 0 aromatic carbocycles. The molecule has 1 aliphatic rings. The molecule has 0 aliphatic carbocycles. The molecule has 1 aliphatic heterocycles. The summed E-state index contributed by atoms with van der Waals surface area (Å²) >= 11 is 0. The van der Waals surface area contributed by atoms with E-state index in [4.69, 9.17) is 9.84 Å². The van der Waals surface area contributed by atoms with Crippen molar-refractivity contribution in [2.45, 2.75) is 32.6 Å². The van der Waals surface area contributed by atoms with E-state index in [0.717, 1.165) is 39.0 Å². The number of hydrogen-bond acceptors (Lipinski definition) is 3. The summed E-state index contributed by atoms with van der Waals surface area (Å²) in [6.45, 7) is 5.22. The predicted molar refractivity (Wildman–Crippen MR) is 62.1 cm³/mol. The number of carbonyl (C=O) groups excluding carboxylic acids is 1. The highest BCUT2D eigenvalue weighted by molar-refractivity contribution is 5.76. The van der Waals surface area contributed by atoms with Gasteiger partial charge in [0.05, 0.1) is 0 Å². The Bertz CT molecular complexity index is 200. The Balaban J connectivity index is 2.13. The average molecular weight is 229 g/mol. The predicted octanol–water partition coefficient (Wildman–Crippen LogP) is 1.03. The molecule has 0 aromatic heterocycles. The van der Waals surface area contributed by atoms with Gasteiger partial charge in [-0.2, -0.15) is 0 Å². The summed E-state index contributed by atoms with van der Waals surface area (Å²) in [6.07, 6.45) is 3.28. The highest BCUT2D eigenvalue weighted by atomic mass is 16.5. The summed E-state index contributed by atoms with van der Waals surface area (Å²) < 4.78 is 5.20. The molecule has 0 radical (unpaired) electrons. The molecule has 4 nitrogen and oxygen atoms in total. The molecule has 1 heterocycles. The lowest BCUT2D eigenvalue weighted by molar-refractivity contribution is -0.133. The third-order valence-corrected chi connectivity index (χ3v) is 3.11. The third kappa shape index (κ3) is 4.49. The van der Waals surface area contributed by atoms with Crippen molar-refractivity contribution in [3.05, 3.63) is 0 Å². The number of ether oxygens (including phenoxy) is 1. The second kappa shape index (κ2) is 7.63. The zero-order chi connectivity index (χ0) is 11.8. The van der Waals surface area contributed by atoms with E-state index in [1.54, 1.807) is 0 Å². The molecule has 1 rings (SSSR count). The summed E-state index contributed by atoms with van der Waals surface area (Å²) in [5.74, 6) is 0.628. The number of likely N-dealkylation sites (tertiary alicyclic amines) is 1. The molecule has 0 spiro atoms. The van der Waals surface area contributed by atoms with E-state index in [2.05, 4.69) is 0 Å². The first-order valence-corrected chi connectivity index (χ1v) is 6.24. The van der Waals surface area contributed by atoms with Crippen molar-refractivity contribution < 1.29 is 14.6 Å². The summed E-state index contributed by atoms with van der Waals surface area (Å²) in [5, 5.41) is 9.00. The smallest absolute Gasteiger partial charge is 0.222 e. The summed E-state index contributed by atoms with van der Waals surface area (Å²) in [4.78, 5) is 13.7. The molecule has 1 saturated heterocycles. The number of nitrogens with zero attached hydrogens (tertiary/aromatic N) is 1. The number of rotatable bonds is 6. The minimum absolute atomic E-state index is 0.232. The molecule has 1 fully saturated rings. The number of aliphatic hydroxyl groups is 1. The van der Waals surface area contributed by atoms with Crippen molar-refractivity contribution in [1.29, 1.82) is 0 Å². The molecular formula is C12H23NO3. The van der Waals surface area contributed by atoms with Gasteiger partial charge in [-0.3, -0.25) is 4.79 Å². The van der Waals surface area contributed by atoms with Crippen LogP contribution in [0, 0.1) is 5.92 Å². The number of amides is 1. The van der Waals surface area contributed by atoms with E-state index in [9.17, 15) is 4.79 Å². The maximum atomic E-state index is 11.8. The van der Waals surface area contributed by atoms with Crippen LogP contribution in [-0.2, 0) is 9.53 Å². The van der Waals surface area contributed by atoms with Crippen molar-refractivity contribution >= 4 is 5.91 Å². The van der Waals surface area contributed by atoms with Gasteiger partial charge in [0.25, 0.3) is 0 Å². The molecule has 0 atom stereocenters. The Morgan fingerprint density at radius 2 is 2.12 bits per heavy atom. The highest BCUT2D eigenvalue weighted by Crippen LogP contribution is 2.17. The maximum absolute atomic E-state index is 11.8. The Morgan fingerprint density at radius 3 is 2.69 bits per heavy atom. The van der Waals surface area contributed by atoms with Crippen molar-refractivity contribution in [3.63, 3.8) is 0 Å². The van der Waals surface area contributed by atoms with Gasteiger partial charge in [-0.1, -0.05) is 0 Å². The number of piperidine rings is 1. The van der Waals surface area contributed by atoms with Crippen LogP contribution in [-0.4, -0.2) is 48.8 Å². The van der Waals surface area contributed by atoms with Crippen molar-refractivity contribution in [1.82, 2.24) is 4.90 Å². The van der Waals surface area contributed by atoms with Crippen LogP contribution < -0.4 is 0 Å². The van der Waals surface area contributed by atoms with Gasteiger partial charge in [-0.25, -0.2) is 0 Å². The zero-order valence-electron chi connectivity index (χ0n) is 10.2. The lowest BCUT2D eigenvalue weighted by Crippen LogP contribution is -2.39. The van der Waals surface area contributed by atoms with E-state index in [1.807, 2.05) is 11.8 Å². The number of aliphatic hydroxyl groups excluding tert-OH is 1. The van der Waals surface area contributed by atoms with Gasteiger partial charge in [-0.05, 0) is 32.1 Å². The van der Waals surface area contributed by atoms with Crippen molar-refractivity contribution in [2.24, 2.45) is 5.92 Å². The second-order valence-electron chi connectivity index (χ2n) is 4.31. The molecule has 4 heteroatoms. The lowest BCUT2D eigenvalue weighted by atomic mass is 9.97. The molecule has 0 bridgehead atoms. The molecular weight excluding hydrogens is 206 g/mol. The van der Waals surface area contributed by atoms with E-state index in [0.29, 0.717) is 18.9 Å². The fraction of sp³-hybridized carbons (Fsp3) is 0.917. The third-order valence-electron chi connectivity index (χ3n) is 3.11. The Labute approximate surface area is 97.6 Å². The molecule has 0 saturated carbocycles. The van der Waals surface area contributed by atoms with Gasteiger partial charge < -0.3 is 14.7 Å². The van der Waals surface area contributed by atoms with Crippen LogP contribution in [0.5, 0.6) is 0 Å². The van der Waals surface area contributed by atoms with Gasteiger partial charge in [0.1, 0.15) is 0 Å². The van der Waals surface area contributed by atoms with Gasteiger partial charge in [0, 0.05) is 39.3 Å². The standard InChI is InChI=1S/C12H23NO3/c1-2-16-9-3-4-12(15)13-7-5-11(10-14)6-8-13/h11,14H,2-10H2,1H3. The molecule has 94 valence electrons. The number of carbonyl (C=O) groups is 1. The quantitative estimate of drug-likeness (QED) is 0.692. The largest absolute Gasteiger partial charge is 0.396 e. The monoisotopic (exact) mass is 229 g/mol. The topological polar surface area (TPSA) is 49.8 Å². The van der Waals surface area contributed by atoms with Crippen LogP contribution in [0.15, 0.2) is 0 Å². The molecule has 1 N–H and O–H groups in total. The summed E-state index contributed by atoms with van der Waals surface area (Å²) in [6, 6.07) is 0. The highest BCUT2D eigenvalue weighted by Gasteiger charge is 2.21. The van der Waals surface area contributed by atoms with Crippen molar-refractivity contribution in [3.8, 4) is 0 Å². The molecule has 0 unspecified atom stereocenters. The van der Waals surface area contributed by atoms with E-state index < -0.39 is 0 Å². The summed E-state index contributed by atoms with van der Waals surface area (Å²) in [7, 11) is 0. The Hall–Kier alpha value is -0.610. The Morgan fingerprint density at radius 1 is 1.44 bits per heavy atom. The first-order chi connectivity index (χ1) is 7.77. The minimum atomic E-state index is 0.232. The van der Waals surface area contributed by atoms with Crippen LogP contribution in [0.1, 0.15) is 32.6 Å². The first kappa shape index (κ1) is 13.5. The van der Waals surface area contributed by atoms with Crippen LogP contribution >= 0.6 is 0 Å². The van der Waals surface area contributed by atoms with E-state index >= 15 is 0 Å². The SMILES string of the molecule is CCOCCCC(=O)N1CCC(CO)CC1. The van der Waals surface area contributed by atoms with Gasteiger partial charge >= 0.3 is 0 Å². The zero-order valence-corrected chi connectivity index (χ0v) is 10.2. The van der Waals surface area contributed by atoms with Crippen LogP contribution in [0.4, 0.5) is 0 Å². The number of hydrogen-bond donors (Lipinski definition) is 1. The minimum Gasteiger partial charge on any atom is -0.396 e. The van der Waals surface area contributed by atoms with Gasteiger partial charge in [0.2, 0.25) is 5.91 Å². The van der Waals surface area contributed by atoms with Gasteiger partial charge in [0.15, 0.2) is 0 Å². The van der Waals surface area contributed by atoms with Gasteiger partial charge in [-0.15, -0.1) is 0 Å². The summed E-state index contributed by atoms with van der Waals surface area (Å²) in [5.41, 5.74) is 0. The molecule has 1 amide bonds. The lowest BCUT2D eigenvalue weighted by Gasteiger charge is -2.31.